The lowest BCUT2D eigenvalue weighted by atomic mass is 9.77. The molecule has 0 amide bonds. The minimum Gasteiger partial charge on any atom is -0.388 e. The van der Waals surface area contributed by atoms with E-state index in [1.165, 1.54) is 85.3 Å². The van der Waals surface area contributed by atoms with Crippen molar-refractivity contribution in [2.24, 2.45) is 5.92 Å². The van der Waals surface area contributed by atoms with Crippen LogP contribution in [-0.2, 0) is 11.2 Å². The fraction of sp³-hybridized carbons (Fsp3) is 0.400. The van der Waals surface area contributed by atoms with E-state index in [-0.39, 0.29) is 0 Å². The average molecular weight is 496 g/mol. The van der Waals surface area contributed by atoms with Crippen molar-refractivity contribution in [1.29, 1.82) is 0 Å². The molecule has 1 aliphatic rings. The molecule has 1 saturated carbocycles. The highest BCUT2D eigenvalue weighted by Crippen LogP contribution is 2.38. The maximum Gasteiger partial charge on any atom is 0.142 e. The topological polar surface area (TPSA) is 29.1 Å². The summed E-state index contributed by atoms with van der Waals surface area (Å²) in [7, 11) is 1.96. The number of unbranched alkanes of at least 4 members (excludes halogenated alkanes) is 2. The second kappa shape index (κ2) is 15.2. The van der Waals surface area contributed by atoms with Crippen molar-refractivity contribution in [3.63, 3.8) is 0 Å². The highest BCUT2D eigenvalue weighted by molar-refractivity contribution is 5.74. The summed E-state index contributed by atoms with van der Waals surface area (Å²) in [6.45, 7) is 7.67. The van der Waals surface area contributed by atoms with E-state index in [0.29, 0.717) is 6.29 Å². The van der Waals surface area contributed by atoms with Crippen LogP contribution in [0.2, 0.25) is 0 Å². The number of anilines is 1. The standard InChI is InChI=1S/C32H41N.C3H4O/c1-4-6-7-8-24-9-11-26(12-10-24)27-13-15-28(16-14-27)30-19-22-32(25(5-2)23-30)29-17-20-31(33-3)21-18-29;1-2-3-4/h13-24,26,33H,4-12H2,1-3H3;2-3H,1H2. The summed E-state index contributed by atoms with van der Waals surface area (Å²) in [6.07, 6.45) is 14.1. The maximum absolute atomic E-state index is 9.06. The number of aryl methyl sites for hydroxylation is 1. The van der Waals surface area contributed by atoms with E-state index in [9.17, 15) is 0 Å². The Morgan fingerprint density at radius 1 is 0.838 bits per heavy atom. The summed E-state index contributed by atoms with van der Waals surface area (Å²) >= 11 is 0. The van der Waals surface area contributed by atoms with Crippen LogP contribution in [0.4, 0.5) is 5.69 Å². The van der Waals surface area contributed by atoms with Crippen molar-refractivity contribution < 1.29 is 4.79 Å². The van der Waals surface area contributed by atoms with Gasteiger partial charge in [0.2, 0.25) is 0 Å². The number of nitrogens with one attached hydrogen (secondary N) is 1. The predicted molar refractivity (Wildman–Crippen MR) is 161 cm³/mol. The fourth-order valence-electron chi connectivity index (χ4n) is 5.58. The second-order valence-electron chi connectivity index (χ2n) is 10.3. The van der Waals surface area contributed by atoms with Crippen molar-refractivity contribution in [2.45, 2.75) is 77.6 Å². The molecule has 1 aliphatic carbocycles. The Bertz CT molecular complexity index is 1080. The van der Waals surface area contributed by atoms with Crippen molar-refractivity contribution in [1.82, 2.24) is 0 Å². The monoisotopic (exact) mass is 495 g/mol. The molecule has 0 spiro atoms. The molecule has 196 valence electrons. The first-order valence-corrected chi connectivity index (χ1v) is 14.2. The van der Waals surface area contributed by atoms with Crippen molar-refractivity contribution in [3.05, 3.63) is 90.5 Å². The molecule has 0 heterocycles. The molecule has 4 rings (SSSR count). The zero-order chi connectivity index (χ0) is 26.5. The van der Waals surface area contributed by atoms with Crippen LogP contribution >= 0.6 is 0 Å². The van der Waals surface area contributed by atoms with E-state index >= 15 is 0 Å². The van der Waals surface area contributed by atoms with Gasteiger partial charge in [-0.25, -0.2) is 0 Å². The Labute approximate surface area is 225 Å². The lowest BCUT2D eigenvalue weighted by Crippen LogP contribution is -2.13. The minimum atomic E-state index is 0.639. The molecule has 0 bridgehead atoms. The van der Waals surface area contributed by atoms with E-state index < -0.39 is 0 Å². The molecule has 0 unspecified atom stereocenters. The van der Waals surface area contributed by atoms with Gasteiger partial charge in [0.1, 0.15) is 6.29 Å². The van der Waals surface area contributed by atoms with Gasteiger partial charge in [-0.2, -0.15) is 0 Å². The van der Waals surface area contributed by atoms with Gasteiger partial charge in [0, 0.05) is 12.7 Å². The van der Waals surface area contributed by atoms with Crippen molar-refractivity contribution >= 4 is 12.0 Å². The van der Waals surface area contributed by atoms with Crippen LogP contribution in [-0.4, -0.2) is 13.3 Å². The van der Waals surface area contributed by atoms with Gasteiger partial charge < -0.3 is 5.32 Å². The van der Waals surface area contributed by atoms with Gasteiger partial charge >= 0.3 is 0 Å². The SMILES string of the molecule is C=CC=O.CCCCCC1CCC(c2ccc(-c3ccc(-c4ccc(NC)cc4)c(CC)c3)cc2)CC1. The Hall–Kier alpha value is -3.13. The van der Waals surface area contributed by atoms with E-state index in [1.807, 2.05) is 7.05 Å². The molecule has 37 heavy (non-hydrogen) atoms. The first kappa shape index (κ1) is 28.4. The van der Waals surface area contributed by atoms with Crippen LogP contribution in [0.1, 0.15) is 82.3 Å². The average Bonchev–Trinajstić information content (AvgIpc) is 2.97. The molecule has 0 saturated heterocycles. The third-order valence-corrected chi connectivity index (χ3v) is 7.85. The molecular formula is C35H45NO. The number of rotatable bonds is 10. The summed E-state index contributed by atoms with van der Waals surface area (Å²) < 4.78 is 0. The van der Waals surface area contributed by atoms with Gasteiger partial charge in [-0.3, -0.25) is 4.79 Å². The highest BCUT2D eigenvalue weighted by atomic mass is 16.1. The summed E-state index contributed by atoms with van der Waals surface area (Å²) in [5.41, 5.74) is 9.40. The number of hydrogen-bond donors (Lipinski definition) is 1. The predicted octanol–water partition coefficient (Wildman–Crippen LogP) is 9.85. The molecule has 0 radical (unpaired) electrons. The molecule has 1 N–H and O–H groups in total. The fourth-order valence-corrected chi connectivity index (χ4v) is 5.58. The van der Waals surface area contributed by atoms with Crippen LogP contribution < -0.4 is 5.32 Å². The number of benzene rings is 3. The number of aldehydes is 1. The molecule has 1 fully saturated rings. The minimum absolute atomic E-state index is 0.639. The van der Waals surface area contributed by atoms with Gasteiger partial charge in [-0.15, -0.1) is 0 Å². The number of hydrogen-bond acceptors (Lipinski definition) is 2. The molecule has 0 aromatic heterocycles. The normalized spacial score (nSPS) is 16.8. The highest BCUT2D eigenvalue weighted by Gasteiger charge is 2.22. The van der Waals surface area contributed by atoms with Crippen molar-refractivity contribution in [2.75, 3.05) is 12.4 Å². The van der Waals surface area contributed by atoms with Crippen LogP contribution in [0.3, 0.4) is 0 Å². The quantitative estimate of drug-likeness (QED) is 0.172. The van der Waals surface area contributed by atoms with Crippen LogP contribution in [0, 0.1) is 5.92 Å². The summed E-state index contributed by atoms with van der Waals surface area (Å²) in [4.78, 5) is 9.06. The van der Waals surface area contributed by atoms with Crippen LogP contribution in [0.25, 0.3) is 22.3 Å². The summed E-state index contributed by atoms with van der Waals surface area (Å²) in [5.74, 6) is 1.74. The third-order valence-electron chi connectivity index (χ3n) is 7.85. The zero-order valence-corrected chi connectivity index (χ0v) is 23.1. The Kier molecular flexibility index (Phi) is 11.7. The third kappa shape index (κ3) is 8.18. The Morgan fingerprint density at radius 2 is 1.46 bits per heavy atom. The van der Waals surface area contributed by atoms with Crippen LogP contribution in [0.5, 0.6) is 0 Å². The first-order valence-electron chi connectivity index (χ1n) is 14.2. The lowest BCUT2D eigenvalue weighted by Gasteiger charge is -2.29. The Morgan fingerprint density at radius 3 is 2.03 bits per heavy atom. The number of carbonyl (C=O) groups is 1. The van der Waals surface area contributed by atoms with Gasteiger partial charge in [0.05, 0.1) is 0 Å². The molecule has 2 nitrogen and oxygen atoms in total. The van der Waals surface area contributed by atoms with Gasteiger partial charge in [-0.05, 0) is 95.5 Å². The molecule has 3 aromatic carbocycles. The second-order valence-corrected chi connectivity index (χ2v) is 10.3. The largest absolute Gasteiger partial charge is 0.388 e. The molecule has 2 heteroatoms. The lowest BCUT2D eigenvalue weighted by molar-refractivity contribution is -0.104. The van der Waals surface area contributed by atoms with Crippen LogP contribution in [0.15, 0.2) is 79.4 Å². The molecule has 3 aromatic rings. The van der Waals surface area contributed by atoms with Crippen molar-refractivity contribution in [3.8, 4) is 22.3 Å². The van der Waals surface area contributed by atoms with E-state index in [1.54, 1.807) is 5.56 Å². The van der Waals surface area contributed by atoms with E-state index in [0.717, 1.165) is 23.9 Å². The summed E-state index contributed by atoms with van der Waals surface area (Å²) in [5, 5.41) is 3.21. The first-order chi connectivity index (χ1) is 18.1. The van der Waals surface area contributed by atoms with Gasteiger partial charge in [0.15, 0.2) is 0 Å². The van der Waals surface area contributed by atoms with Gasteiger partial charge in [0.25, 0.3) is 0 Å². The summed E-state index contributed by atoms with van der Waals surface area (Å²) in [6, 6.07) is 25.2. The van der Waals surface area contributed by atoms with E-state index in [2.05, 4.69) is 92.5 Å². The number of allylic oxidation sites excluding steroid dienone is 1. The molecule has 0 atom stereocenters. The number of carbonyl (C=O) groups excluding carboxylic acids is 1. The maximum atomic E-state index is 9.06. The van der Waals surface area contributed by atoms with E-state index in [4.69, 9.17) is 4.79 Å². The zero-order valence-electron chi connectivity index (χ0n) is 23.1. The Balaban J connectivity index is 0.000000886. The smallest absolute Gasteiger partial charge is 0.142 e. The molecular weight excluding hydrogens is 450 g/mol. The van der Waals surface area contributed by atoms with Gasteiger partial charge in [-0.1, -0.05) is 101 Å². The molecule has 0 aliphatic heterocycles.